The van der Waals surface area contributed by atoms with Gasteiger partial charge >= 0.3 is 0 Å². The lowest BCUT2D eigenvalue weighted by Crippen LogP contribution is -2.38. The lowest BCUT2D eigenvalue weighted by Gasteiger charge is -2.14. The van der Waals surface area contributed by atoms with Crippen molar-refractivity contribution in [3.05, 3.63) is 65.0 Å². The zero-order valence-electron chi connectivity index (χ0n) is 15.9. The number of nitrogens with one attached hydrogen (secondary N) is 2. The summed E-state index contributed by atoms with van der Waals surface area (Å²) in [6.45, 7) is 1.36. The zero-order chi connectivity index (χ0) is 18.8. The van der Waals surface area contributed by atoms with Crippen LogP contribution in [0.4, 0.5) is 4.39 Å². The fourth-order valence-corrected chi connectivity index (χ4v) is 3.19. The van der Waals surface area contributed by atoms with E-state index in [0.717, 1.165) is 41.6 Å². The van der Waals surface area contributed by atoms with Crippen molar-refractivity contribution in [1.29, 1.82) is 0 Å². The number of benzene rings is 2. The molecule has 2 rings (SSSR count). The molecule has 2 aromatic carbocycles. The van der Waals surface area contributed by atoms with E-state index in [9.17, 15) is 4.39 Å². The number of rotatable bonds is 8. The van der Waals surface area contributed by atoms with Gasteiger partial charge in [0.2, 0.25) is 0 Å². The molecule has 7 heteroatoms. The van der Waals surface area contributed by atoms with Crippen molar-refractivity contribution in [3.8, 4) is 5.75 Å². The van der Waals surface area contributed by atoms with Gasteiger partial charge in [0.05, 0.1) is 7.11 Å². The number of guanidine groups is 1. The second kappa shape index (κ2) is 12.8. The van der Waals surface area contributed by atoms with Gasteiger partial charge < -0.3 is 15.4 Å². The van der Waals surface area contributed by atoms with Crippen LogP contribution in [0.2, 0.25) is 0 Å². The first kappa shape index (κ1) is 23.6. The van der Waals surface area contributed by atoms with Gasteiger partial charge in [-0.2, -0.15) is 11.8 Å². The van der Waals surface area contributed by atoms with E-state index < -0.39 is 0 Å². The van der Waals surface area contributed by atoms with Gasteiger partial charge in [0.15, 0.2) is 5.96 Å². The molecule has 0 saturated carbocycles. The Labute approximate surface area is 182 Å². The van der Waals surface area contributed by atoms with Crippen LogP contribution in [0, 0.1) is 5.82 Å². The number of hydrogen-bond acceptors (Lipinski definition) is 3. The summed E-state index contributed by atoms with van der Waals surface area (Å²) in [7, 11) is 3.41. The average Bonchev–Trinajstić information content (AvgIpc) is 2.66. The molecular weight excluding hydrogens is 476 g/mol. The maximum Gasteiger partial charge on any atom is 0.191 e. The van der Waals surface area contributed by atoms with Crippen LogP contribution in [0.15, 0.2) is 47.5 Å². The Bertz CT molecular complexity index is 743. The second-order valence-electron chi connectivity index (χ2n) is 5.80. The summed E-state index contributed by atoms with van der Waals surface area (Å²) >= 11 is 1.68. The molecular formula is C20H27FIN3OS. The highest BCUT2D eigenvalue weighted by Gasteiger charge is 2.05. The smallest absolute Gasteiger partial charge is 0.191 e. The van der Waals surface area contributed by atoms with Crippen LogP contribution in [0.5, 0.6) is 5.75 Å². The minimum atomic E-state index is -0.196. The molecule has 0 radical (unpaired) electrons. The molecule has 0 bridgehead atoms. The summed E-state index contributed by atoms with van der Waals surface area (Å²) in [5.74, 6) is 2.19. The standard InChI is InChI=1S/C20H26FN3OS.HI/c1-22-20(23-10-9-15-5-4-6-19(11-15)25-2)24-13-16-7-8-18(21)12-17(16)14-26-3;/h4-8,11-12H,9-10,13-14H2,1-3H3,(H2,22,23,24);1H. The molecule has 148 valence electrons. The number of ether oxygens (including phenoxy) is 1. The van der Waals surface area contributed by atoms with E-state index >= 15 is 0 Å². The lowest BCUT2D eigenvalue weighted by molar-refractivity contribution is 0.414. The molecule has 0 heterocycles. The van der Waals surface area contributed by atoms with E-state index in [1.54, 1.807) is 32.0 Å². The number of methoxy groups -OCH3 is 1. The van der Waals surface area contributed by atoms with E-state index in [0.29, 0.717) is 6.54 Å². The SMILES string of the molecule is CN=C(NCCc1cccc(OC)c1)NCc1ccc(F)cc1CSC.I. The van der Waals surface area contributed by atoms with Crippen LogP contribution in [0.1, 0.15) is 16.7 Å². The molecule has 2 aromatic rings. The van der Waals surface area contributed by atoms with E-state index in [1.807, 2.05) is 30.5 Å². The first-order valence-electron chi connectivity index (χ1n) is 8.50. The van der Waals surface area contributed by atoms with E-state index in [4.69, 9.17) is 4.74 Å². The summed E-state index contributed by atoms with van der Waals surface area (Å²) in [5.41, 5.74) is 3.29. The molecule has 0 aliphatic rings. The van der Waals surface area contributed by atoms with E-state index in [2.05, 4.69) is 21.7 Å². The van der Waals surface area contributed by atoms with Gasteiger partial charge in [0, 0.05) is 25.9 Å². The number of aliphatic imine (C=N–C) groups is 1. The fraction of sp³-hybridized carbons (Fsp3) is 0.350. The number of nitrogens with zero attached hydrogens (tertiary/aromatic N) is 1. The van der Waals surface area contributed by atoms with Crippen LogP contribution in [-0.4, -0.2) is 32.9 Å². The Hall–Kier alpha value is -1.48. The van der Waals surface area contributed by atoms with Crippen molar-refractivity contribution in [1.82, 2.24) is 10.6 Å². The number of halogens is 2. The molecule has 0 atom stereocenters. The predicted molar refractivity (Wildman–Crippen MR) is 124 cm³/mol. The van der Waals surface area contributed by atoms with Crippen molar-refractivity contribution >= 4 is 41.7 Å². The van der Waals surface area contributed by atoms with Gasteiger partial charge in [-0.15, -0.1) is 24.0 Å². The summed E-state index contributed by atoms with van der Waals surface area (Å²) in [5, 5.41) is 6.60. The van der Waals surface area contributed by atoms with E-state index in [-0.39, 0.29) is 29.8 Å². The molecule has 0 unspecified atom stereocenters. The maximum absolute atomic E-state index is 13.4. The molecule has 0 aromatic heterocycles. The van der Waals surface area contributed by atoms with Crippen LogP contribution in [0.3, 0.4) is 0 Å². The lowest BCUT2D eigenvalue weighted by atomic mass is 10.1. The predicted octanol–water partition coefficient (Wildman–Crippen LogP) is 4.22. The maximum atomic E-state index is 13.4. The monoisotopic (exact) mass is 503 g/mol. The fourth-order valence-electron chi connectivity index (χ4n) is 2.61. The Morgan fingerprint density at radius 1 is 1.15 bits per heavy atom. The Morgan fingerprint density at radius 3 is 2.67 bits per heavy atom. The van der Waals surface area contributed by atoms with Crippen LogP contribution < -0.4 is 15.4 Å². The first-order valence-corrected chi connectivity index (χ1v) is 9.89. The summed E-state index contributed by atoms with van der Waals surface area (Å²) in [4.78, 5) is 4.25. The largest absolute Gasteiger partial charge is 0.497 e. The first-order chi connectivity index (χ1) is 12.7. The van der Waals surface area contributed by atoms with Gasteiger partial charge in [-0.1, -0.05) is 18.2 Å². The number of thioether (sulfide) groups is 1. The molecule has 0 fully saturated rings. The number of hydrogen-bond donors (Lipinski definition) is 2. The van der Waals surface area contributed by atoms with Crippen LogP contribution >= 0.6 is 35.7 Å². The minimum absolute atomic E-state index is 0. The third kappa shape index (κ3) is 7.96. The molecule has 27 heavy (non-hydrogen) atoms. The van der Waals surface area contributed by atoms with Crippen molar-refractivity contribution < 1.29 is 9.13 Å². The van der Waals surface area contributed by atoms with Crippen molar-refractivity contribution in [2.24, 2.45) is 4.99 Å². The third-order valence-electron chi connectivity index (χ3n) is 3.98. The average molecular weight is 503 g/mol. The minimum Gasteiger partial charge on any atom is -0.497 e. The van der Waals surface area contributed by atoms with Gasteiger partial charge in [0.1, 0.15) is 11.6 Å². The van der Waals surface area contributed by atoms with Crippen molar-refractivity contribution in [2.45, 2.75) is 18.7 Å². The highest BCUT2D eigenvalue weighted by Crippen LogP contribution is 2.16. The summed E-state index contributed by atoms with van der Waals surface area (Å²) < 4.78 is 18.7. The Morgan fingerprint density at radius 2 is 1.96 bits per heavy atom. The molecule has 0 amide bonds. The molecule has 2 N–H and O–H groups in total. The van der Waals surface area contributed by atoms with Gasteiger partial charge in [-0.25, -0.2) is 4.39 Å². The normalized spacial score (nSPS) is 10.9. The van der Waals surface area contributed by atoms with Crippen LogP contribution in [0.25, 0.3) is 0 Å². The van der Waals surface area contributed by atoms with Gasteiger partial charge in [-0.05, 0) is 53.6 Å². The summed E-state index contributed by atoms with van der Waals surface area (Å²) in [6.07, 6.45) is 2.88. The van der Waals surface area contributed by atoms with Crippen LogP contribution in [-0.2, 0) is 18.7 Å². The molecule has 0 aliphatic heterocycles. The quantitative estimate of drug-likeness (QED) is 0.322. The molecule has 0 saturated heterocycles. The molecule has 4 nitrogen and oxygen atoms in total. The topological polar surface area (TPSA) is 45.7 Å². The highest BCUT2D eigenvalue weighted by atomic mass is 127. The van der Waals surface area contributed by atoms with Gasteiger partial charge in [0.25, 0.3) is 0 Å². The second-order valence-corrected chi connectivity index (χ2v) is 6.67. The Balaban J connectivity index is 0.00000364. The third-order valence-corrected chi connectivity index (χ3v) is 4.58. The molecule has 0 aliphatic carbocycles. The summed E-state index contributed by atoms with van der Waals surface area (Å²) in [6, 6.07) is 13.0. The highest BCUT2D eigenvalue weighted by molar-refractivity contribution is 14.0. The zero-order valence-corrected chi connectivity index (χ0v) is 19.1. The van der Waals surface area contributed by atoms with Gasteiger partial charge in [-0.3, -0.25) is 4.99 Å². The van der Waals surface area contributed by atoms with E-state index in [1.165, 1.54) is 11.6 Å². The van der Waals surface area contributed by atoms with Crippen molar-refractivity contribution in [2.75, 3.05) is 27.0 Å². The van der Waals surface area contributed by atoms with Crippen molar-refractivity contribution in [3.63, 3.8) is 0 Å². The molecule has 0 spiro atoms. The Kier molecular flexibility index (Phi) is 11.2.